The summed E-state index contributed by atoms with van der Waals surface area (Å²) < 4.78 is 11.1. The van der Waals surface area contributed by atoms with Crippen molar-refractivity contribution in [3.05, 3.63) is 59.7 Å². The molecule has 0 unspecified atom stereocenters. The van der Waals surface area contributed by atoms with Crippen LogP contribution < -0.4 is 14.8 Å². The van der Waals surface area contributed by atoms with Gasteiger partial charge in [-0.1, -0.05) is 49.5 Å². The maximum Gasteiger partial charge on any atom is 0.258 e. The summed E-state index contributed by atoms with van der Waals surface area (Å²) in [4.78, 5) is 15.2. The number of methoxy groups -OCH3 is 1. The zero-order valence-electron chi connectivity index (χ0n) is 17.0. The molecular weight excluding hydrogens is 384 g/mol. The first kappa shape index (κ1) is 21.1. The number of hydrogen-bond acceptors (Lipinski definition) is 4. The van der Waals surface area contributed by atoms with Crippen LogP contribution in [0.15, 0.2) is 48.5 Å². The molecule has 0 aromatic heterocycles. The predicted octanol–water partition coefficient (Wildman–Crippen LogP) is 3.80. The molecule has 5 nitrogen and oxygen atoms in total. The summed E-state index contributed by atoms with van der Waals surface area (Å²) in [5.74, 6) is 1.68. The van der Waals surface area contributed by atoms with E-state index < -0.39 is 0 Å². The highest BCUT2D eigenvalue weighted by molar-refractivity contribution is 7.80. The number of nitrogens with zero attached hydrogens (tertiary/aromatic N) is 1. The van der Waals surface area contributed by atoms with Crippen molar-refractivity contribution in [1.29, 1.82) is 0 Å². The van der Waals surface area contributed by atoms with Gasteiger partial charge in [-0.2, -0.15) is 0 Å². The fourth-order valence-electron chi connectivity index (χ4n) is 3.30. The lowest BCUT2D eigenvalue weighted by atomic mass is 9.99. The van der Waals surface area contributed by atoms with Crippen LogP contribution >= 0.6 is 12.2 Å². The van der Waals surface area contributed by atoms with Crippen molar-refractivity contribution in [2.45, 2.75) is 26.3 Å². The van der Waals surface area contributed by atoms with E-state index in [2.05, 4.69) is 17.1 Å². The quantitative estimate of drug-likeness (QED) is 0.701. The lowest BCUT2D eigenvalue weighted by Gasteiger charge is -2.32. The molecule has 3 rings (SSSR count). The summed E-state index contributed by atoms with van der Waals surface area (Å²) in [5, 5.41) is 2.85. The van der Waals surface area contributed by atoms with E-state index in [0.717, 1.165) is 48.0 Å². The van der Waals surface area contributed by atoms with E-state index in [4.69, 9.17) is 21.7 Å². The highest BCUT2D eigenvalue weighted by Gasteiger charge is 2.20. The number of carbonyl (C=O) groups is 1. The summed E-state index contributed by atoms with van der Waals surface area (Å²) >= 11 is 5.68. The van der Waals surface area contributed by atoms with Crippen molar-refractivity contribution >= 4 is 23.1 Å². The lowest BCUT2D eigenvalue weighted by Crippen LogP contribution is -2.37. The number of thiocarbonyl (C=S) groups is 1. The van der Waals surface area contributed by atoms with Crippen molar-refractivity contribution in [2.75, 3.05) is 26.8 Å². The second kappa shape index (κ2) is 10.3. The van der Waals surface area contributed by atoms with Gasteiger partial charge in [0, 0.05) is 25.2 Å². The van der Waals surface area contributed by atoms with Crippen LogP contribution in [-0.2, 0) is 11.3 Å². The normalized spacial score (nSPS) is 14.3. The van der Waals surface area contributed by atoms with Crippen molar-refractivity contribution < 1.29 is 14.3 Å². The Bertz CT molecular complexity index is 833. The number of amides is 1. The van der Waals surface area contributed by atoms with Gasteiger partial charge in [0.05, 0.1) is 7.11 Å². The SMILES string of the molecule is COc1cc(C(=S)N2CCC(C)CC2)ccc1OCC(=O)NCc1ccccc1. The summed E-state index contributed by atoms with van der Waals surface area (Å²) in [6, 6.07) is 15.4. The zero-order valence-corrected chi connectivity index (χ0v) is 17.8. The molecule has 154 valence electrons. The molecule has 1 aliphatic rings. The molecule has 1 amide bonds. The van der Waals surface area contributed by atoms with E-state index in [1.807, 2.05) is 48.5 Å². The third kappa shape index (κ3) is 5.94. The Hall–Kier alpha value is -2.60. The zero-order chi connectivity index (χ0) is 20.6. The monoisotopic (exact) mass is 412 g/mol. The van der Waals surface area contributed by atoms with Crippen molar-refractivity contribution in [2.24, 2.45) is 5.92 Å². The van der Waals surface area contributed by atoms with Gasteiger partial charge in [0.25, 0.3) is 5.91 Å². The molecule has 6 heteroatoms. The Morgan fingerprint density at radius 1 is 1.14 bits per heavy atom. The fourth-order valence-corrected chi connectivity index (χ4v) is 3.61. The molecule has 1 fully saturated rings. The van der Waals surface area contributed by atoms with Gasteiger partial charge in [0.15, 0.2) is 18.1 Å². The third-order valence-corrected chi connectivity index (χ3v) is 5.67. The first-order valence-electron chi connectivity index (χ1n) is 9.97. The number of piperidine rings is 1. The minimum Gasteiger partial charge on any atom is -0.493 e. The lowest BCUT2D eigenvalue weighted by molar-refractivity contribution is -0.123. The molecule has 1 aliphatic heterocycles. The van der Waals surface area contributed by atoms with E-state index in [1.54, 1.807) is 7.11 Å². The number of rotatable bonds is 7. The number of carbonyl (C=O) groups excluding carboxylic acids is 1. The highest BCUT2D eigenvalue weighted by Crippen LogP contribution is 2.29. The second-order valence-corrected chi connectivity index (χ2v) is 7.78. The first-order valence-corrected chi connectivity index (χ1v) is 10.4. The maximum atomic E-state index is 12.1. The van der Waals surface area contributed by atoms with E-state index in [1.165, 1.54) is 0 Å². The number of hydrogen-bond donors (Lipinski definition) is 1. The van der Waals surface area contributed by atoms with Crippen molar-refractivity contribution in [3.8, 4) is 11.5 Å². The van der Waals surface area contributed by atoms with Crippen LogP contribution in [0.1, 0.15) is 30.9 Å². The minimum atomic E-state index is -0.182. The predicted molar refractivity (Wildman–Crippen MR) is 118 cm³/mol. The average molecular weight is 413 g/mol. The van der Waals surface area contributed by atoms with E-state index in [0.29, 0.717) is 18.0 Å². The number of benzene rings is 2. The van der Waals surface area contributed by atoms with Crippen LogP contribution in [0.25, 0.3) is 0 Å². The third-order valence-electron chi connectivity index (χ3n) is 5.17. The molecular formula is C23H28N2O3S. The van der Waals surface area contributed by atoms with Gasteiger partial charge in [-0.3, -0.25) is 4.79 Å². The molecule has 0 bridgehead atoms. The molecule has 1 heterocycles. The number of nitrogens with one attached hydrogen (secondary N) is 1. The topological polar surface area (TPSA) is 50.8 Å². The van der Waals surface area contributed by atoms with Crippen molar-refractivity contribution in [3.63, 3.8) is 0 Å². The van der Waals surface area contributed by atoms with Gasteiger partial charge in [0.2, 0.25) is 0 Å². The molecule has 2 aromatic carbocycles. The smallest absolute Gasteiger partial charge is 0.258 e. The highest BCUT2D eigenvalue weighted by atomic mass is 32.1. The molecule has 2 aromatic rings. The minimum absolute atomic E-state index is 0.0724. The Kier molecular flexibility index (Phi) is 7.47. The molecule has 0 spiro atoms. The Morgan fingerprint density at radius 3 is 2.55 bits per heavy atom. The van der Waals surface area contributed by atoms with Crippen LogP contribution in [0.3, 0.4) is 0 Å². The van der Waals surface area contributed by atoms with E-state index >= 15 is 0 Å². The Balaban J connectivity index is 1.55. The van der Waals surface area contributed by atoms with Crippen molar-refractivity contribution in [1.82, 2.24) is 10.2 Å². The van der Waals surface area contributed by atoms with Gasteiger partial charge in [0.1, 0.15) is 4.99 Å². The average Bonchev–Trinajstić information content (AvgIpc) is 2.77. The van der Waals surface area contributed by atoms with Gasteiger partial charge in [-0.05, 0) is 42.5 Å². The van der Waals surface area contributed by atoms with Crippen LogP contribution in [0.5, 0.6) is 11.5 Å². The van der Waals surface area contributed by atoms with Gasteiger partial charge >= 0.3 is 0 Å². The van der Waals surface area contributed by atoms with Gasteiger partial charge < -0.3 is 19.7 Å². The summed E-state index contributed by atoms with van der Waals surface area (Å²) in [5.41, 5.74) is 1.98. The molecule has 0 atom stereocenters. The Morgan fingerprint density at radius 2 is 1.86 bits per heavy atom. The summed E-state index contributed by atoms with van der Waals surface area (Å²) in [6.45, 7) is 4.66. The van der Waals surface area contributed by atoms with Crippen LogP contribution in [-0.4, -0.2) is 42.6 Å². The number of likely N-dealkylation sites (tertiary alicyclic amines) is 1. The summed E-state index contributed by atoms with van der Waals surface area (Å²) in [6.07, 6.45) is 2.33. The molecule has 29 heavy (non-hydrogen) atoms. The standard InChI is InChI=1S/C23H28N2O3S/c1-17-10-12-25(13-11-17)23(29)19-8-9-20(21(14-19)27-2)28-16-22(26)24-15-18-6-4-3-5-7-18/h3-9,14,17H,10-13,15-16H2,1-2H3,(H,24,26). The molecule has 1 saturated heterocycles. The molecule has 1 N–H and O–H groups in total. The number of ether oxygens (including phenoxy) is 2. The Labute approximate surface area is 178 Å². The largest absolute Gasteiger partial charge is 0.493 e. The molecule has 0 saturated carbocycles. The van der Waals surface area contributed by atoms with E-state index in [9.17, 15) is 4.79 Å². The van der Waals surface area contributed by atoms with Gasteiger partial charge in [-0.25, -0.2) is 0 Å². The van der Waals surface area contributed by atoms with Crippen LogP contribution in [0, 0.1) is 5.92 Å². The van der Waals surface area contributed by atoms with E-state index in [-0.39, 0.29) is 12.5 Å². The van der Waals surface area contributed by atoms with Gasteiger partial charge in [-0.15, -0.1) is 0 Å². The molecule has 0 radical (unpaired) electrons. The fraction of sp³-hybridized carbons (Fsp3) is 0.391. The summed E-state index contributed by atoms with van der Waals surface area (Å²) in [7, 11) is 1.59. The maximum absolute atomic E-state index is 12.1. The molecule has 0 aliphatic carbocycles. The van der Waals surface area contributed by atoms with Crippen LogP contribution in [0.4, 0.5) is 0 Å². The first-order chi connectivity index (χ1) is 14.1. The van der Waals surface area contributed by atoms with Crippen LogP contribution in [0.2, 0.25) is 0 Å². The second-order valence-electron chi connectivity index (χ2n) is 7.39.